The fourth-order valence-electron chi connectivity index (χ4n) is 0.907. The van der Waals surface area contributed by atoms with Crippen LogP contribution in [-0.4, -0.2) is 17.9 Å². The summed E-state index contributed by atoms with van der Waals surface area (Å²) in [6.07, 6.45) is 2.00. The summed E-state index contributed by atoms with van der Waals surface area (Å²) in [4.78, 5) is 21.3. The van der Waals surface area contributed by atoms with Gasteiger partial charge in [-0.3, -0.25) is 4.79 Å². The molecule has 0 saturated carbocycles. The Kier molecular flexibility index (Phi) is 2.06. The first kappa shape index (κ1) is 7.54. The number of ether oxygens (including phenoxy) is 1. The molecule has 1 rings (SSSR count). The van der Waals surface area contributed by atoms with Crippen molar-refractivity contribution in [3.05, 3.63) is 0 Å². The molecule has 1 amide bonds. The van der Waals surface area contributed by atoms with Crippen molar-refractivity contribution in [2.75, 3.05) is 0 Å². The van der Waals surface area contributed by atoms with Crippen molar-refractivity contribution >= 4 is 11.9 Å². The maximum Gasteiger partial charge on any atom is 0.344 e. The van der Waals surface area contributed by atoms with Gasteiger partial charge >= 0.3 is 5.97 Å². The predicted octanol–water partition coefficient (Wildman–Crippen LogP) is -0.711. The van der Waals surface area contributed by atoms with Crippen LogP contribution in [0.5, 0.6) is 0 Å². The van der Waals surface area contributed by atoms with Gasteiger partial charge in [0.25, 0.3) is 6.26 Å². The third-order valence-corrected chi connectivity index (χ3v) is 1.43. The largest absolute Gasteiger partial charge is 0.349 e. The van der Waals surface area contributed by atoms with Crippen LogP contribution in [0.4, 0.5) is 0 Å². The Morgan fingerprint density at radius 2 is 2.55 bits per heavy atom. The first-order valence-electron chi connectivity index (χ1n) is 3.13. The molecule has 11 heavy (non-hydrogen) atoms. The van der Waals surface area contributed by atoms with Gasteiger partial charge in [0, 0.05) is 6.42 Å². The van der Waals surface area contributed by atoms with Crippen LogP contribution in [0, 0.1) is 11.5 Å². The van der Waals surface area contributed by atoms with Crippen molar-refractivity contribution in [3.63, 3.8) is 0 Å². The summed E-state index contributed by atoms with van der Waals surface area (Å²) in [6, 6.07) is -0.623. The lowest BCUT2D eigenvalue weighted by Gasteiger charge is -2.02. The highest BCUT2D eigenvalue weighted by atomic mass is 16.5. The van der Waals surface area contributed by atoms with Crippen LogP contribution < -0.4 is 5.32 Å². The van der Waals surface area contributed by atoms with Crippen LogP contribution in [0.1, 0.15) is 12.8 Å². The second-order valence-electron chi connectivity index (χ2n) is 2.17. The molecule has 1 saturated heterocycles. The molecule has 0 aliphatic carbocycles. The fourth-order valence-corrected chi connectivity index (χ4v) is 0.907. The Labute approximate surface area is 62.9 Å². The molecule has 0 aromatic heterocycles. The number of amides is 1. The van der Waals surface area contributed by atoms with Gasteiger partial charge in [0.15, 0.2) is 0 Å². The lowest BCUT2D eigenvalue weighted by Crippen LogP contribution is -2.33. The SMILES string of the molecule is N#COC(=O)[C@@H]1CCC(=O)N1. The number of nitriles is 1. The molecule has 5 nitrogen and oxygen atoms in total. The zero-order valence-corrected chi connectivity index (χ0v) is 5.66. The van der Waals surface area contributed by atoms with E-state index in [9.17, 15) is 9.59 Å². The van der Waals surface area contributed by atoms with Crippen LogP contribution in [0.3, 0.4) is 0 Å². The Morgan fingerprint density at radius 3 is 3.00 bits per heavy atom. The van der Waals surface area contributed by atoms with Gasteiger partial charge in [-0.25, -0.2) is 4.79 Å². The molecule has 1 aliphatic rings. The topological polar surface area (TPSA) is 79.2 Å². The van der Waals surface area contributed by atoms with E-state index in [-0.39, 0.29) is 5.91 Å². The quantitative estimate of drug-likeness (QED) is 0.399. The van der Waals surface area contributed by atoms with Crippen molar-refractivity contribution < 1.29 is 14.3 Å². The lowest BCUT2D eigenvalue weighted by molar-refractivity contribution is -0.140. The van der Waals surface area contributed by atoms with Gasteiger partial charge in [-0.05, 0) is 6.42 Å². The summed E-state index contributed by atoms with van der Waals surface area (Å²) in [5, 5.41) is 10.3. The molecule has 5 heteroatoms. The van der Waals surface area contributed by atoms with E-state index in [1.165, 1.54) is 6.26 Å². The molecule has 58 valence electrons. The minimum atomic E-state index is -0.682. The number of carbonyl (C=O) groups is 2. The van der Waals surface area contributed by atoms with E-state index in [1.54, 1.807) is 0 Å². The number of hydrogen-bond acceptors (Lipinski definition) is 4. The van der Waals surface area contributed by atoms with E-state index in [4.69, 9.17) is 5.26 Å². The highest BCUT2D eigenvalue weighted by Crippen LogP contribution is 2.07. The summed E-state index contributed by atoms with van der Waals surface area (Å²) in [6.45, 7) is 0. The molecule has 1 aliphatic heterocycles. The fraction of sp³-hybridized carbons (Fsp3) is 0.500. The van der Waals surface area contributed by atoms with E-state index < -0.39 is 12.0 Å². The van der Waals surface area contributed by atoms with Crippen molar-refractivity contribution in [3.8, 4) is 6.26 Å². The Balaban J connectivity index is 2.44. The zero-order chi connectivity index (χ0) is 8.27. The van der Waals surface area contributed by atoms with Crippen LogP contribution in [0.25, 0.3) is 0 Å². The van der Waals surface area contributed by atoms with Crippen LogP contribution in [0.2, 0.25) is 0 Å². The number of nitrogens with zero attached hydrogens (tertiary/aromatic N) is 1. The first-order chi connectivity index (χ1) is 5.24. The molecule has 1 N–H and O–H groups in total. The van der Waals surface area contributed by atoms with Crippen LogP contribution in [0.15, 0.2) is 0 Å². The van der Waals surface area contributed by atoms with Gasteiger partial charge in [-0.1, -0.05) is 0 Å². The zero-order valence-electron chi connectivity index (χ0n) is 5.66. The van der Waals surface area contributed by atoms with Gasteiger partial charge in [0.1, 0.15) is 6.04 Å². The summed E-state index contributed by atoms with van der Waals surface area (Å²) < 4.78 is 4.03. The predicted molar refractivity (Wildman–Crippen MR) is 32.9 cm³/mol. The van der Waals surface area contributed by atoms with E-state index in [0.29, 0.717) is 12.8 Å². The van der Waals surface area contributed by atoms with Gasteiger partial charge in [-0.2, -0.15) is 0 Å². The Morgan fingerprint density at radius 1 is 1.82 bits per heavy atom. The Hall–Kier alpha value is -1.57. The molecular weight excluding hydrogens is 148 g/mol. The van der Waals surface area contributed by atoms with Gasteiger partial charge < -0.3 is 10.1 Å². The summed E-state index contributed by atoms with van der Waals surface area (Å²) in [5.74, 6) is -0.858. The van der Waals surface area contributed by atoms with Crippen molar-refractivity contribution in [2.24, 2.45) is 0 Å². The molecule has 0 aromatic rings. The van der Waals surface area contributed by atoms with E-state index in [1.807, 2.05) is 0 Å². The standard InChI is InChI=1S/C6H6N2O3/c7-3-11-6(10)4-1-2-5(9)8-4/h4H,1-2H2,(H,8,9)/t4-/m0/s1. The Bertz CT molecular complexity index is 230. The van der Waals surface area contributed by atoms with Crippen molar-refractivity contribution in [1.82, 2.24) is 5.32 Å². The van der Waals surface area contributed by atoms with Gasteiger partial charge in [-0.15, -0.1) is 5.26 Å². The van der Waals surface area contributed by atoms with Crippen LogP contribution >= 0.6 is 0 Å². The van der Waals surface area contributed by atoms with E-state index in [0.717, 1.165) is 0 Å². The number of nitrogens with one attached hydrogen (secondary N) is 1. The minimum absolute atomic E-state index is 0.176. The molecule has 1 atom stereocenters. The maximum atomic E-state index is 10.7. The summed E-state index contributed by atoms with van der Waals surface area (Å²) in [5.41, 5.74) is 0. The minimum Gasteiger partial charge on any atom is -0.349 e. The summed E-state index contributed by atoms with van der Waals surface area (Å²) in [7, 11) is 0. The molecule has 0 bridgehead atoms. The normalized spacial score (nSPS) is 22.1. The van der Waals surface area contributed by atoms with Crippen molar-refractivity contribution in [1.29, 1.82) is 5.26 Å². The maximum absolute atomic E-state index is 10.7. The molecule has 0 spiro atoms. The first-order valence-corrected chi connectivity index (χ1v) is 3.13. The lowest BCUT2D eigenvalue weighted by atomic mass is 10.2. The highest BCUT2D eigenvalue weighted by molar-refractivity contribution is 5.88. The number of esters is 1. The van der Waals surface area contributed by atoms with E-state index in [2.05, 4.69) is 10.1 Å². The van der Waals surface area contributed by atoms with Gasteiger partial charge in [0.2, 0.25) is 5.91 Å². The van der Waals surface area contributed by atoms with E-state index >= 15 is 0 Å². The molecule has 1 heterocycles. The number of carbonyl (C=O) groups excluding carboxylic acids is 2. The van der Waals surface area contributed by atoms with Crippen molar-refractivity contribution in [2.45, 2.75) is 18.9 Å². The van der Waals surface area contributed by atoms with Gasteiger partial charge in [0.05, 0.1) is 0 Å². The third-order valence-electron chi connectivity index (χ3n) is 1.43. The second-order valence-corrected chi connectivity index (χ2v) is 2.17. The molecule has 0 aromatic carbocycles. The smallest absolute Gasteiger partial charge is 0.344 e. The average molecular weight is 154 g/mol. The average Bonchev–Trinajstić information content (AvgIpc) is 2.36. The second kappa shape index (κ2) is 3.01. The van der Waals surface area contributed by atoms with Crippen LogP contribution in [-0.2, 0) is 14.3 Å². The summed E-state index contributed by atoms with van der Waals surface area (Å²) >= 11 is 0. The monoisotopic (exact) mass is 154 g/mol. The molecular formula is C6H6N2O3. The molecule has 0 radical (unpaired) electrons. The highest BCUT2D eigenvalue weighted by Gasteiger charge is 2.28. The third kappa shape index (κ3) is 1.67. The molecule has 0 unspecified atom stereocenters. The molecule has 1 fully saturated rings. The number of rotatable bonds is 1. The number of hydrogen-bond donors (Lipinski definition) is 1.